The van der Waals surface area contributed by atoms with E-state index in [-0.39, 0.29) is 18.4 Å². The van der Waals surface area contributed by atoms with Gasteiger partial charge in [-0.1, -0.05) is 80.8 Å². The summed E-state index contributed by atoms with van der Waals surface area (Å²) >= 11 is 1.64. The standard InChI is InChI=1S/C27H35NO3S/c1-2-3-4-5-6-7-11-14-26(29)28-24(17-20-27(30)31)21-32-25-18-15-23(16-19-25)22-12-9-8-10-13-22/h7-13,15-16,18-19,24H,2-6,14,17,20-21H2,1H3,(H,28,29)(H,30,31)/b11-7+/t24-/m0/s1. The largest absolute Gasteiger partial charge is 0.481 e. The van der Waals surface area contributed by atoms with E-state index in [0.29, 0.717) is 18.6 Å². The summed E-state index contributed by atoms with van der Waals surface area (Å²) in [6, 6.07) is 18.4. The highest BCUT2D eigenvalue weighted by molar-refractivity contribution is 7.99. The maximum absolute atomic E-state index is 12.3. The molecular formula is C27H35NO3S. The van der Waals surface area contributed by atoms with Crippen molar-refractivity contribution in [2.45, 2.75) is 69.2 Å². The number of rotatable bonds is 15. The van der Waals surface area contributed by atoms with E-state index in [1.54, 1.807) is 11.8 Å². The Morgan fingerprint density at radius 2 is 1.69 bits per heavy atom. The van der Waals surface area contributed by atoms with Gasteiger partial charge in [-0.05, 0) is 42.5 Å². The molecule has 4 nitrogen and oxygen atoms in total. The normalized spacial score (nSPS) is 12.0. The summed E-state index contributed by atoms with van der Waals surface area (Å²) in [5.41, 5.74) is 2.33. The molecule has 0 aliphatic rings. The van der Waals surface area contributed by atoms with Gasteiger partial charge in [-0.15, -0.1) is 11.8 Å². The van der Waals surface area contributed by atoms with E-state index in [2.05, 4.69) is 54.7 Å². The number of thioether (sulfide) groups is 1. The molecule has 2 aromatic carbocycles. The molecular weight excluding hydrogens is 418 g/mol. The highest BCUT2D eigenvalue weighted by Gasteiger charge is 2.14. The zero-order chi connectivity index (χ0) is 23.0. The van der Waals surface area contributed by atoms with Crippen LogP contribution in [-0.2, 0) is 9.59 Å². The Labute approximate surface area is 196 Å². The predicted molar refractivity (Wildman–Crippen MR) is 134 cm³/mol. The third-order valence-corrected chi connectivity index (χ3v) is 6.35. The summed E-state index contributed by atoms with van der Waals surface area (Å²) in [4.78, 5) is 24.5. The molecule has 0 bridgehead atoms. The zero-order valence-corrected chi connectivity index (χ0v) is 19.8. The smallest absolute Gasteiger partial charge is 0.303 e. The van der Waals surface area contributed by atoms with Gasteiger partial charge in [0.15, 0.2) is 0 Å². The first-order valence-corrected chi connectivity index (χ1v) is 12.5. The average molecular weight is 454 g/mol. The SMILES string of the molecule is CCCCCC/C=C/CC(=O)N[C@@H](CCC(=O)O)CSc1ccc(-c2ccccc2)cc1. The van der Waals surface area contributed by atoms with Gasteiger partial charge in [-0.3, -0.25) is 9.59 Å². The number of nitrogens with one attached hydrogen (secondary N) is 1. The number of hydrogen-bond acceptors (Lipinski definition) is 3. The van der Waals surface area contributed by atoms with Crippen LogP contribution in [0.5, 0.6) is 0 Å². The van der Waals surface area contributed by atoms with Gasteiger partial charge >= 0.3 is 5.97 Å². The van der Waals surface area contributed by atoms with Gasteiger partial charge in [0.25, 0.3) is 0 Å². The van der Waals surface area contributed by atoms with Gasteiger partial charge in [0, 0.05) is 29.5 Å². The van der Waals surface area contributed by atoms with E-state index in [0.717, 1.165) is 23.3 Å². The molecule has 0 spiro atoms. The number of benzene rings is 2. The molecule has 0 aliphatic carbocycles. The van der Waals surface area contributed by atoms with Crippen molar-refractivity contribution >= 4 is 23.6 Å². The average Bonchev–Trinajstić information content (AvgIpc) is 2.81. The van der Waals surface area contributed by atoms with Crippen LogP contribution in [0.1, 0.15) is 58.3 Å². The quantitative estimate of drug-likeness (QED) is 0.179. The van der Waals surface area contributed by atoms with E-state index >= 15 is 0 Å². The molecule has 1 amide bonds. The van der Waals surface area contributed by atoms with E-state index in [4.69, 9.17) is 5.11 Å². The minimum Gasteiger partial charge on any atom is -0.481 e. The Morgan fingerprint density at radius 1 is 0.969 bits per heavy atom. The number of carboxylic acid groups (broad SMARTS) is 1. The second-order valence-corrected chi connectivity index (χ2v) is 9.02. The first-order valence-electron chi connectivity index (χ1n) is 11.5. The second kappa shape index (κ2) is 15.3. The Morgan fingerprint density at radius 3 is 2.38 bits per heavy atom. The molecule has 32 heavy (non-hydrogen) atoms. The molecule has 0 heterocycles. The van der Waals surface area contributed by atoms with Crippen molar-refractivity contribution in [3.63, 3.8) is 0 Å². The molecule has 0 unspecified atom stereocenters. The minimum absolute atomic E-state index is 0.0473. The van der Waals surface area contributed by atoms with Crippen LogP contribution in [0.4, 0.5) is 0 Å². The van der Waals surface area contributed by atoms with E-state index in [1.165, 1.54) is 24.8 Å². The molecule has 2 N–H and O–H groups in total. The Bertz CT molecular complexity index is 834. The fourth-order valence-electron chi connectivity index (χ4n) is 3.35. The summed E-state index contributed by atoms with van der Waals surface area (Å²) in [5, 5.41) is 12.1. The van der Waals surface area contributed by atoms with Gasteiger partial charge in [0.1, 0.15) is 0 Å². The molecule has 0 fully saturated rings. The summed E-state index contributed by atoms with van der Waals surface area (Å²) in [6.45, 7) is 2.19. The molecule has 5 heteroatoms. The number of aliphatic carboxylic acids is 1. The van der Waals surface area contributed by atoms with Crippen LogP contribution in [0.2, 0.25) is 0 Å². The van der Waals surface area contributed by atoms with Crippen LogP contribution < -0.4 is 5.32 Å². The molecule has 2 rings (SSSR count). The van der Waals surface area contributed by atoms with Gasteiger partial charge in [0.05, 0.1) is 0 Å². The number of carbonyl (C=O) groups excluding carboxylic acids is 1. The monoisotopic (exact) mass is 453 g/mol. The van der Waals surface area contributed by atoms with Crippen molar-refractivity contribution in [3.05, 3.63) is 66.7 Å². The molecule has 0 aromatic heterocycles. The topological polar surface area (TPSA) is 66.4 Å². The third-order valence-electron chi connectivity index (χ3n) is 5.18. The van der Waals surface area contributed by atoms with Gasteiger partial charge in [0.2, 0.25) is 5.91 Å². The van der Waals surface area contributed by atoms with Crippen molar-refractivity contribution in [1.29, 1.82) is 0 Å². The lowest BCUT2D eigenvalue weighted by molar-refractivity contribution is -0.137. The number of carboxylic acids is 1. The predicted octanol–water partition coefficient (Wildman–Crippen LogP) is 6.71. The highest BCUT2D eigenvalue weighted by Crippen LogP contribution is 2.25. The molecule has 0 aliphatic heterocycles. The molecule has 2 aromatic rings. The summed E-state index contributed by atoms with van der Waals surface area (Å²) in [6.07, 6.45) is 10.7. The first-order chi connectivity index (χ1) is 15.6. The highest BCUT2D eigenvalue weighted by atomic mass is 32.2. The van der Waals surface area contributed by atoms with Crippen LogP contribution in [-0.4, -0.2) is 28.8 Å². The van der Waals surface area contributed by atoms with Crippen LogP contribution in [0.15, 0.2) is 71.6 Å². The maximum atomic E-state index is 12.3. The first kappa shape index (κ1) is 25.7. The number of amides is 1. The van der Waals surface area contributed by atoms with E-state index < -0.39 is 5.97 Å². The van der Waals surface area contributed by atoms with Crippen molar-refractivity contribution in [3.8, 4) is 11.1 Å². The minimum atomic E-state index is -0.839. The summed E-state index contributed by atoms with van der Waals surface area (Å²) in [7, 11) is 0. The van der Waals surface area contributed by atoms with Crippen molar-refractivity contribution < 1.29 is 14.7 Å². The lowest BCUT2D eigenvalue weighted by atomic mass is 10.1. The van der Waals surface area contributed by atoms with Crippen LogP contribution >= 0.6 is 11.8 Å². The fraction of sp³-hybridized carbons (Fsp3) is 0.407. The fourth-order valence-corrected chi connectivity index (χ4v) is 4.32. The molecule has 0 radical (unpaired) electrons. The second-order valence-electron chi connectivity index (χ2n) is 7.92. The summed E-state index contributed by atoms with van der Waals surface area (Å²) in [5.74, 6) is -0.247. The number of hydrogen-bond donors (Lipinski definition) is 2. The molecule has 172 valence electrons. The third kappa shape index (κ3) is 10.7. The number of carbonyl (C=O) groups is 2. The van der Waals surface area contributed by atoms with E-state index in [9.17, 15) is 9.59 Å². The zero-order valence-electron chi connectivity index (χ0n) is 19.0. The van der Waals surface area contributed by atoms with Crippen LogP contribution in [0, 0.1) is 0 Å². The van der Waals surface area contributed by atoms with E-state index in [1.807, 2.05) is 24.3 Å². The van der Waals surface area contributed by atoms with Gasteiger partial charge < -0.3 is 10.4 Å². The lowest BCUT2D eigenvalue weighted by Gasteiger charge is -2.17. The lowest BCUT2D eigenvalue weighted by Crippen LogP contribution is -2.36. The Balaban J connectivity index is 1.82. The van der Waals surface area contributed by atoms with Crippen molar-refractivity contribution in [2.24, 2.45) is 0 Å². The Kier molecular flexibility index (Phi) is 12.3. The van der Waals surface area contributed by atoms with Gasteiger partial charge in [-0.2, -0.15) is 0 Å². The number of allylic oxidation sites excluding steroid dienone is 1. The molecule has 0 saturated carbocycles. The van der Waals surface area contributed by atoms with Crippen molar-refractivity contribution in [2.75, 3.05) is 5.75 Å². The van der Waals surface area contributed by atoms with Crippen molar-refractivity contribution in [1.82, 2.24) is 5.32 Å². The number of unbranched alkanes of at least 4 members (excludes halogenated alkanes) is 4. The van der Waals surface area contributed by atoms with Crippen LogP contribution in [0.25, 0.3) is 11.1 Å². The maximum Gasteiger partial charge on any atom is 0.303 e. The van der Waals surface area contributed by atoms with Crippen LogP contribution in [0.3, 0.4) is 0 Å². The Hall–Kier alpha value is -2.53. The van der Waals surface area contributed by atoms with Gasteiger partial charge in [-0.25, -0.2) is 0 Å². The molecule has 0 saturated heterocycles. The molecule has 1 atom stereocenters. The summed E-state index contributed by atoms with van der Waals surface area (Å²) < 4.78 is 0.